The van der Waals surface area contributed by atoms with Crippen LogP contribution in [0.4, 0.5) is 8.78 Å². The van der Waals surface area contributed by atoms with Gasteiger partial charge in [-0.1, -0.05) is 13.0 Å². The van der Waals surface area contributed by atoms with Gasteiger partial charge in [0.15, 0.2) is 23.5 Å². The van der Waals surface area contributed by atoms with Gasteiger partial charge in [-0.2, -0.15) is 0 Å². The molecule has 4 nitrogen and oxygen atoms in total. The van der Waals surface area contributed by atoms with Gasteiger partial charge in [-0.25, -0.2) is 8.78 Å². The van der Waals surface area contributed by atoms with Crippen LogP contribution in [-0.2, 0) is 14.4 Å². The van der Waals surface area contributed by atoms with Gasteiger partial charge in [-0.05, 0) is 49.2 Å². The molecule has 0 aromatic rings. The highest BCUT2D eigenvalue weighted by atomic mass is 19.1. The van der Waals surface area contributed by atoms with Gasteiger partial charge in [-0.3, -0.25) is 14.4 Å². The molecule has 0 heterocycles. The highest BCUT2D eigenvalue weighted by molar-refractivity contribution is 6.26. The van der Waals surface area contributed by atoms with Crippen LogP contribution in [0.15, 0.2) is 23.6 Å². The molecule has 0 aliphatic heterocycles. The van der Waals surface area contributed by atoms with E-state index < -0.39 is 46.0 Å². The predicted molar refractivity (Wildman–Crippen MR) is 93.0 cm³/mol. The third-order valence-electron chi connectivity index (χ3n) is 8.12. The number of rotatable bonds is 2. The molecule has 146 valence electrons. The summed E-state index contributed by atoms with van der Waals surface area (Å²) in [6, 6.07) is 0. The number of aliphatic hydroxyl groups excluding tert-OH is 1. The summed E-state index contributed by atoms with van der Waals surface area (Å²) in [6.07, 6.45) is 2.25. The number of aldehydes is 1. The summed E-state index contributed by atoms with van der Waals surface area (Å²) in [5.74, 6) is -2.95. The number of alkyl halides is 1. The van der Waals surface area contributed by atoms with Crippen LogP contribution in [0.25, 0.3) is 0 Å². The molecule has 1 N–H and O–H groups in total. The van der Waals surface area contributed by atoms with Gasteiger partial charge in [0, 0.05) is 30.1 Å². The predicted octanol–water partition coefficient (Wildman–Crippen LogP) is 3.04. The van der Waals surface area contributed by atoms with Gasteiger partial charge in [0.1, 0.15) is 5.83 Å². The monoisotopic (exact) mass is 378 g/mol. The Kier molecular flexibility index (Phi) is 3.91. The average Bonchev–Trinajstić information content (AvgIpc) is 2.95. The summed E-state index contributed by atoms with van der Waals surface area (Å²) in [5, 5.41) is 11.0. The van der Waals surface area contributed by atoms with Crippen molar-refractivity contribution >= 4 is 17.9 Å². The first-order valence-electron chi connectivity index (χ1n) is 9.55. The number of fused-ring (bicyclic) bond motifs is 5. The maximum Gasteiger partial charge on any atom is 0.198 e. The zero-order valence-electron chi connectivity index (χ0n) is 15.5. The minimum Gasteiger partial charge on any atom is -0.390 e. The Morgan fingerprint density at radius 1 is 1.30 bits per heavy atom. The number of carbonyl (C=O) groups is 3. The highest BCUT2D eigenvalue weighted by Gasteiger charge is 2.71. The number of hydrogen-bond donors (Lipinski definition) is 1. The van der Waals surface area contributed by atoms with Crippen LogP contribution in [0.1, 0.15) is 46.0 Å². The first kappa shape index (κ1) is 18.7. The van der Waals surface area contributed by atoms with E-state index in [0.29, 0.717) is 19.1 Å². The van der Waals surface area contributed by atoms with Crippen molar-refractivity contribution in [2.45, 2.75) is 57.7 Å². The van der Waals surface area contributed by atoms with Gasteiger partial charge < -0.3 is 5.11 Å². The Bertz CT molecular complexity index is 802. The van der Waals surface area contributed by atoms with Crippen molar-refractivity contribution in [3.8, 4) is 0 Å². The lowest BCUT2D eigenvalue weighted by Gasteiger charge is -2.61. The quantitative estimate of drug-likeness (QED) is 0.592. The minimum atomic E-state index is -2.11. The standard InChI is InChI=1S/C21H24F2O4/c1-19-9-18(27)21(23)14(12(19)3-4-13(19)17(26)10-24)8-16(22)15-7-11(25)5-6-20(15,21)2/h5-6,10,12-14,18,27H,3-4,7-9H2,1-2H3/t12-,13?,14-,18-,19-,20-,21-/m0/s1. The molecule has 0 aromatic heterocycles. The van der Waals surface area contributed by atoms with E-state index in [4.69, 9.17) is 0 Å². The Hall–Kier alpha value is -1.69. The molecule has 0 aromatic carbocycles. The van der Waals surface area contributed by atoms with Crippen LogP contribution in [0.3, 0.4) is 0 Å². The summed E-state index contributed by atoms with van der Waals surface area (Å²) in [7, 11) is 0. The Morgan fingerprint density at radius 2 is 2.00 bits per heavy atom. The van der Waals surface area contributed by atoms with Crippen LogP contribution in [-0.4, -0.2) is 34.7 Å². The molecule has 4 rings (SSSR count). The number of allylic oxidation sites excluding steroid dienone is 4. The van der Waals surface area contributed by atoms with Crippen LogP contribution >= 0.6 is 0 Å². The Labute approximate surface area is 156 Å². The first-order valence-corrected chi connectivity index (χ1v) is 9.55. The number of ketones is 2. The van der Waals surface area contributed by atoms with Crippen LogP contribution in [0, 0.1) is 28.6 Å². The molecule has 2 saturated carbocycles. The third-order valence-corrected chi connectivity index (χ3v) is 8.12. The van der Waals surface area contributed by atoms with E-state index >= 15 is 8.78 Å². The molecule has 6 heteroatoms. The molecule has 0 saturated heterocycles. The van der Waals surface area contributed by atoms with Crippen molar-refractivity contribution in [3.05, 3.63) is 23.6 Å². The summed E-state index contributed by atoms with van der Waals surface area (Å²) < 4.78 is 31.7. The largest absolute Gasteiger partial charge is 0.390 e. The van der Waals surface area contributed by atoms with Gasteiger partial charge in [0.05, 0.1) is 6.10 Å². The van der Waals surface area contributed by atoms with Gasteiger partial charge in [-0.15, -0.1) is 0 Å². The van der Waals surface area contributed by atoms with E-state index in [1.807, 2.05) is 6.92 Å². The summed E-state index contributed by atoms with van der Waals surface area (Å²) in [5.41, 5.74) is -4.10. The van der Waals surface area contributed by atoms with Crippen molar-refractivity contribution < 1.29 is 28.3 Å². The summed E-state index contributed by atoms with van der Waals surface area (Å²) in [6.45, 7) is 3.38. The fraction of sp³-hybridized carbons (Fsp3) is 0.667. The zero-order valence-corrected chi connectivity index (χ0v) is 15.5. The lowest BCUT2D eigenvalue weighted by molar-refractivity contribution is -0.192. The molecule has 0 amide bonds. The lowest BCUT2D eigenvalue weighted by atomic mass is 9.45. The number of halogens is 2. The first-order chi connectivity index (χ1) is 12.6. The molecule has 2 fully saturated rings. The number of aliphatic hydroxyl groups is 1. The molecule has 4 aliphatic carbocycles. The van der Waals surface area contributed by atoms with Crippen molar-refractivity contribution in [3.63, 3.8) is 0 Å². The zero-order chi connectivity index (χ0) is 19.8. The van der Waals surface area contributed by atoms with E-state index in [-0.39, 0.29) is 36.5 Å². The summed E-state index contributed by atoms with van der Waals surface area (Å²) >= 11 is 0. The van der Waals surface area contributed by atoms with Gasteiger partial charge >= 0.3 is 0 Å². The average molecular weight is 378 g/mol. The second-order valence-corrected chi connectivity index (χ2v) is 9.12. The molecule has 0 spiro atoms. The molecule has 4 aliphatic rings. The fourth-order valence-electron chi connectivity index (χ4n) is 6.72. The topological polar surface area (TPSA) is 71.4 Å². The van der Waals surface area contributed by atoms with E-state index in [9.17, 15) is 19.5 Å². The molecule has 7 atom stereocenters. The highest BCUT2D eigenvalue weighted by Crippen LogP contribution is 2.69. The maximum absolute atomic E-state index is 16.7. The Morgan fingerprint density at radius 3 is 2.67 bits per heavy atom. The molecule has 0 bridgehead atoms. The van der Waals surface area contributed by atoms with Crippen LogP contribution in [0.2, 0.25) is 0 Å². The van der Waals surface area contributed by atoms with E-state index in [1.165, 1.54) is 12.2 Å². The SMILES string of the molecule is C[C@]12C=CC(=O)CC1=C(F)C[C@H]1[C@@H]3CCC(C(=O)C=O)[C@@]3(C)C[C@H](O)[C@@]12F. The number of carbonyl (C=O) groups excluding carboxylic acids is 3. The maximum atomic E-state index is 16.7. The van der Waals surface area contributed by atoms with Gasteiger partial charge in [0.2, 0.25) is 0 Å². The molecule has 0 radical (unpaired) electrons. The fourth-order valence-corrected chi connectivity index (χ4v) is 6.72. The van der Waals surface area contributed by atoms with Crippen molar-refractivity contribution in [2.24, 2.45) is 28.6 Å². The van der Waals surface area contributed by atoms with Crippen molar-refractivity contribution in [2.75, 3.05) is 0 Å². The van der Waals surface area contributed by atoms with Crippen LogP contribution < -0.4 is 0 Å². The van der Waals surface area contributed by atoms with Gasteiger partial charge in [0.25, 0.3) is 0 Å². The Balaban J connectivity index is 1.84. The second-order valence-electron chi connectivity index (χ2n) is 9.12. The summed E-state index contributed by atoms with van der Waals surface area (Å²) in [4.78, 5) is 35.0. The smallest absolute Gasteiger partial charge is 0.198 e. The normalized spacial score (nSPS) is 48.7. The van der Waals surface area contributed by atoms with Crippen LogP contribution in [0.5, 0.6) is 0 Å². The van der Waals surface area contributed by atoms with Crippen molar-refractivity contribution in [1.29, 1.82) is 0 Å². The molecular weight excluding hydrogens is 354 g/mol. The minimum absolute atomic E-state index is 0.0428. The third kappa shape index (κ3) is 2.13. The molecule has 1 unspecified atom stereocenters. The number of Topliss-reactive ketones (excluding diaryl/α,β-unsaturated/α-hetero) is 1. The second kappa shape index (κ2) is 5.66. The van der Waals surface area contributed by atoms with E-state index in [0.717, 1.165) is 0 Å². The molecular formula is C21H24F2O4. The van der Waals surface area contributed by atoms with E-state index in [1.54, 1.807) is 6.92 Å². The van der Waals surface area contributed by atoms with E-state index in [2.05, 4.69) is 0 Å². The lowest BCUT2D eigenvalue weighted by Crippen LogP contribution is -2.66. The number of hydrogen-bond acceptors (Lipinski definition) is 4. The molecule has 27 heavy (non-hydrogen) atoms. The van der Waals surface area contributed by atoms with Crippen molar-refractivity contribution in [1.82, 2.24) is 0 Å².